The third-order valence-electron chi connectivity index (χ3n) is 4.88. The number of nitrogens with one attached hydrogen (secondary N) is 2. The van der Waals surface area contributed by atoms with Crippen molar-refractivity contribution in [3.63, 3.8) is 0 Å². The largest absolute Gasteiger partial charge is 0.463 e. The molecule has 0 radical (unpaired) electrons. The van der Waals surface area contributed by atoms with Gasteiger partial charge in [-0.05, 0) is 36.6 Å². The highest BCUT2D eigenvalue weighted by atomic mass is 16.5. The molecule has 0 fully saturated rings. The Morgan fingerprint density at radius 1 is 1.06 bits per heavy atom. The molecule has 31 heavy (non-hydrogen) atoms. The molecule has 0 saturated carbocycles. The average molecular weight is 421 g/mol. The minimum Gasteiger partial charge on any atom is -0.463 e. The van der Waals surface area contributed by atoms with Crippen LogP contribution in [-0.4, -0.2) is 36.0 Å². The van der Waals surface area contributed by atoms with Gasteiger partial charge in [-0.15, -0.1) is 0 Å². The molecule has 162 valence electrons. The highest BCUT2D eigenvalue weighted by Crippen LogP contribution is 2.37. The molecule has 2 aromatic carbocycles. The summed E-state index contributed by atoms with van der Waals surface area (Å²) in [5, 5.41) is 5.68. The molecule has 3 amide bonds. The van der Waals surface area contributed by atoms with Crippen molar-refractivity contribution in [2.75, 3.05) is 18.5 Å². The molecule has 7 heteroatoms. The smallest absolute Gasteiger partial charge is 0.338 e. The van der Waals surface area contributed by atoms with Crippen LogP contribution in [0, 0.1) is 0 Å². The number of rotatable bonds is 7. The van der Waals surface area contributed by atoms with Gasteiger partial charge in [-0.1, -0.05) is 49.4 Å². The van der Waals surface area contributed by atoms with Gasteiger partial charge >= 0.3 is 12.0 Å². The molecule has 1 atom stereocenters. The number of ether oxygens (including phenoxy) is 1. The number of esters is 1. The second-order valence-electron chi connectivity index (χ2n) is 7.19. The number of carbonyl (C=O) groups is 3. The second kappa shape index (κ2) is 9.93. The molecule has 2 aromatic rings. The standard InChI is InChI=1S/C24H27N3O4/c1-4-15-27-22(18-9-7-6-8-10-18)20(23(29)31-5-2)21(26-24(27)30)17-11-13-19(14-12-17)25-16(3)28/h6-14,21H,4-5,15H2,1-3H3,(H,25,28)(H,26,30)/t21-/m0/s1. The first kappa shape index (κ1) is 22.1. The lowest BCUT2D eigenvalue weighted by Gasteiger charge is -2.36. The molecule has 7 nitrogen and oxygen atoms in total. The number of nitrogens with zero attached hydrogens (tertiary/aromatic N) is 1. The molecule has 3 rings (SSSR count). The fourth-order valence-electron chi connectivity index (χ4n) is 3.64. The first-order valence-corrected chi connectivity index (χ1v) is 10.4. The number of benzene rings is 2. The molecule has 1 heterocycles. The zero-order chi connectivity index (χ0) is 22.4. The van der Waals surface area contributed by atoms with E-state index in [4.69, 9.17) is 4.74 Å². The van der Waals surface area contributed by atoms with Crippen LogP contribution in [0.5, 0.6) is 0 Å². The number of amides is 3. The molecule has 0 bridgehead atoms. The van der Waals surface area contributed by atoms with Crippen molar-refractivity contribution in [2.45, 2.75) is 33.2 Å². The van der Waals surface area contributed by atoms with Crippen molar-refractivity contribution in [1.29, 1.82) is 0 Å². The number of carbonyl (C=O) groups excluding carboxylic acids is 3. The summed E-state index contributed by atoms with van der Waals surface area (Å²) < 4.78 is 5.39. The van der Waals surface area contributed by atoms with Gasteiger partial charge in [0.15, 0.2) is 0 Å². The summed E-state index contributed by atoms with van der Waals surface area (Å²) in [5.41, 5.74) is 3.06. The van der Waals surface area contributed by atoms with Crippen LogP contribution >= 0.6 is 0 Å². The molecule has 0 spiro atoms. The quantitative estimate of drug-likeness (QED) is 0.659. The normalized spacial score (nSPS) is 16.0. The number of anilines is 1. The van der Waals surface area contributed by atoms with Gasteiger partial charge in [0.25, 0.3) is 0 Å². The molecule has 2 N–H and O–H groups in total. The Bertz CT molecular complexity index is 984. The maximum atomic E-state index is 13.1. The predicted octanol–water partition coefficient (Wildman–Crippen LogP) is 4.10. The zero-order valence-electron chi connectivity index (χ0n) is 18.0. The minimum atomic E-state index is -0.679. The van der Waals surface area contributed by atoms with E-state index >= 15 is 0 Å². The van der Waals surface area contributed by atoms with Gasteiger partial charge in [0.1, 0.15) is 0 Å². The summed E-state index contributed by atoms with van der Waals surface area (Å²) in [6, 6.07) is 15.5. The average Bonchev–Trinajstić information content (AvgIpc) is 2.75. The van der Waals surface area contributed by atoms with Gasteiger partial charge in [-0.2, -0.15) is 0 Å². The minimum absolute atomic E-state index is 0.174. The fraction of sp³-hybridized carbons (Fsp3) is 0.292. The van der Waals surface area contributed by atoms with E-state index < -0.39 is 12.0 Å². The Kier molecular flexibility index (Phi) is 7.07. The summed E-state index contributed by atoms with van der Waals surface area (Å²) >= 11 is 0. The lowest BCUT2D eigenvalue weighted by Crippen LogP contribution is -2.48. The number of hydrogen-bond donors (Lipinski definition) is 2. The van der Waals surface area contributed by atoms with Crippen LogP contribution in [0.25, 0.3) is 5.70 Å². The highest BCUT2D eigenvalue weighted by molar-refractivity contribution is 6.04. The van der Waals surface area contributed by atoms with Crippen LogP contribution in [0.2, 0.25) is 0 Å². The molecule has 1 aliphatic rings. The molecular formula is C24H27N3O4. The van der Waals surface area contributed by atoms with E-state index in [1.807, 2.05) is 37.3 Å². The maximum absolute atomic E-state index is 13.1. The van der Waals surface area contributed by atoms with Gasteiger partial charge in [0.2, 0.25) is 5.91 Å². The summed E-state index contributed by atoms with van der Waals surface area (Å²) in [5.74, 6) is -0.647. The van der Waals surface area contributed by atoms with Crippen LogP contribution in [0.4, 0.5) is 10.5 Å². The predicted molar refractivity (Wildman–Crippen MR) is 119 cm³/mol. The van der Waals surface area contributed by atoms with Crippen molar-refractivity contribution in [3.05, 3.63) is 71.3 Å². The van der Waals surface area contributed by atoms with Crippen LogP contribution < -0.4 is 10.6 Å². The van der Waals surface area contributed by atoms with Crippen LogP contribution in [0.3, 0.4) is 0 Å². The van der Waals surface area contributed by atoms with Crippen molar-refractivity contribution < 1.29 is 19.1 Å². The van der Waals surface area contributed by atoms with Gasteiger partial charge in [0, 0.05) is 19.2 Å². The van der Waals surface area contributed by atoms with Gasteiger partial charge in [0.05, 0.1) is 23.9 Å². The topological polar surface area (TPSA) is 87.7 Å². The van der Waals surface area contributed by atoms with Crippen LogP contribution in [-0.2, 0) is 14.3 Å². The SMILES string of the molecule is CCCN1C(=O)N[C@@H](c2ccc(NC(C)=O)cc2)C(C(=O)OCC)=C1c1ccccc1. The Hall–Kier alpha value is -3.61. The van der Waals surface area contributed by atoms with E-state index in [0.717, 1.165) is 17.5 Å². The van der Waals surface area contributed by atoms with Crippen molar-refractivity contribution in [2.24, 2.45) is 0 Å². The Morgan fingerprint density at radius 2 is 1.74 bits per heavy atom. The highest BCUT2D eigenvalue weighted by Gasteiger charge is 2.38. The third-order valence-corrected chi connectivity index (χ3v) is 4.88. The van der Waals surface area contributed by atoms with Gasteiger partial charge in [-0.3, -0.25) is 9.69 Å². The van der Waals surface area contributed by atoms with E-state index in [1.54, 1.807) is 36.1 Å². The Balaban J connectivity index is 2.17. The number of urea groups is 1. The molecule has 0 aliphatic carbocycles. The van der Waals surface area contributed by atoms with E-state index in [-0.39, 0.29) is 18.5 Å². The summed E-state index contributed by atoms with van der Waals surface area (Å²) in [6.45, 7) is 5.86. The Labute approximate surface area is 182 Å². The lowest BCUT2D eigenvalue weighted by molar-refractivity contribution is -0.139. The molecule has 0 aromatic heterocycles. The molecule has 0 saturated heterocycles. The third kappa shape index (κ3) is 4.94. The van der Waals surface area contributed by atoms with E-state index in [0.29, 0.717) is 23.5 Å². The van der Waals surface area contributed by atoms with Crippen LogP contribution in [0.1, 0.15) is 44.4 Å². The van der Waals surface area contributed by atoms with Crippen LogP contribution in [0.15, 0.2) is 60.2 Å². The summed E-state index contributed by atoms with van der Waals surface area (Å²) in [4.78, 5) is 39.1. The second-order valence-corrected chi connectivity index (χ2v) is 7.19. The first-order valence-electron chi connectivity index (χ1n) is 10.4. The number of hydrogen-bond acceptors (Lipinski definition) is 4. The van der Waals surface area contributed by atoms with E-state index in [9.17, 15) is 14.4 Å². The van der Waals surface area contributed by atoms with E-state index in [2.05, 4.69) is 10.6 Å². The fourth-order valence-corrected chi connectivity index (χ4v) is 3.64. The maximum Gasteiger partial charge on any atom is 0.338 e. The lowest BCUT2D eigenvalue weighted by atomic mass is 9.91. The molecule has 1 aliphatic heterocycles. The molecule has 0 unspecified atom stereocenters. The van der Waals surface area contributed by atoms with Crippen molar-refractivity contribution >= 4 is 29.3 Å². The van der Waals surface area contributed by atoms with E-state index in [1.165, 1.54) is 6.92 Å². The summed E-state index contributed by atoms with van der Waals surface area (Å²) in [7, 11) is 0. The summed E-state index contributed by atoms with van der Waals surface area (Å²) in [6.07, 6.45) is 0.732. The Morgan fingerprint density at radius 3 is 2.32 bits per heavy atom. The zero-order valence-corrected chi connectivity index (χ0v) is 18.0. The van der Waals surface area contributed by atoms with Crippen molar-refractivity contribution in [3.8, 4) is 0 Å². The monoisotopic (exact) mass is 421 g/mol. The first-order chi connectivity index (χ1) is 15.0. The van der Waals surface area contributed by atoms with Gasteiger partial charge in [-0.25, -0.2) is 9.59 Å². The molecular weight excluding hydrogens is 394 g/mol. The van der Waals surface area contributed by atoms with Gasteiger partial charge < -0.3 is 15.4 Å². The van der Waals surface area contributed by atoms with Crippen molar-refractivity contribution in [1.82, 2.24) is 10.2 Å².